The van der Waals surface area contributed by atoms with Crippen molar-refractivity contribution in [1.82, 2.24) is 0 Å². The third kappa shape index (κ3) is 10.3. The summed E-state index contributed by atoms with van der Waals surface area (Å²) < 4.78 is 11.3. The maximum Gasteiger partial charge on any atom is 0.305 e. The molecule has 6 heteroatoms. The quantitative estimate of drug-likeness (QED) is 0.135. The number of rotatable bonds is 14. The molecule has 190 valence electrons. The first-order valence-corrected chi connectivity index (χ1v) is 15.6. The number of Topliss-reactive ketones (excluding diaryl/α,β-unsaturated/α-hetero) is 1. The molecule has 1 aliphatic carbocycles. The molecule has 0 aliphatic heterocycles. The van der Waals surface area contributed by atoms with Gasteiger partial charge in [-0.05, 0) is 43.8 Å². The van der Waals surface area contributed by atoms with Crippen LogP contribution >= 0.6 is 0 Å². The van der Waals surface area contributed by atoms with Gasteiger partial charge in [-0.1, -0.05) is 71.3 Å². The topological polar surface area (TPSA) is 72.8 Å². The van der Waals surface area contributed by atoms with E-state index in [-0.39, 0.29) is 41.2 Å². The second-order valence-corrected chi connectivity index (χ2v) is 15.7. The van der Waals surface area contributed by atoms with E-state index in [1.165, 1.54) is 20.0 Å². The van der Waals surface area contributed by atoms with Crippen LogP contribution in [0.25, 0.3) is 0 Å². The van der Waals surface area contributed by atoms with Gasteiger partial charge in [-0.25, -0.2) is 0 Å². The van der Waals surface area contributed by atoms with E-state index >= 15 is 0 Å². The number of ether oxygens (including phenoxy) is 1. The number of allylic oxidation sites excluding steroid dienone is 2. The number of unbranched alkanes of at least 4 members (excludes halogenated alkanes) is 3. The summed E-state index contributed by atoms with van der Waals surface area (Å²) in [6.45, 7) is 13.5. The summed E-state index contributed by atoms with van der Waals surface area (Å²) in [5.41, 5.74) is 0. The van der Waals surface area contributed by atoms with Crippen molar-refractivity contribution in [3.63, 3.8) is 0 Å². The normalized spacial score (nSPS) is 23.0. The molecule has 0 aromatic carbocycles. The number of ketones is 1. The van der Waals surface area contributed by atoms with E-state index in [1.807, 2.05) is 12.2 Å². The van der Waals surface area contributed by atoms with Crippen molar-refractivity contribution in [1.29, 1.82) is 0 Å². The van der Waals surface area contributed by atoms with Crippen LogP contribution in [0, 0.1) is 11.8 Å². The Balaban J connectivity index is 2.81. The number of carbonyl (C=O) groups is 2. The van der Waals surface area contributed by atoms with Crippen molar-refractivity contribution in [2.24, 2.45) is 11.8 Å². The lowest BCUT2D eigenvalue weighted by atomic mass is 9.90. The van der Waals surface area contributed by atoms with Gasteiger partial charge >= 0.3 is 5.97 Å². The molecule has 5 nitrogen and oxygen atoms in total. The number of esters is 1. The number of hydrogen-bond acceptors (Lipinski definition) is 5. The third-order valence-electron chi connectivity index (χ3n) is 7.16. The zero-order valence-corrected chi connectivity index (χ0v) is 23.1. The molecule has 0 aromatic rings. The van der Waals surface area contributed by atoms with Crippen molar-refractivity contribution < 1.29 is 23.9 Å². The molecule has 0 heterocycles. The van der Waals surface area contributed by atoms with E-state index in [0.717, 1.165) is 25.7 Å². The zero-order valence-electron chi connectivity index (χ0n) is 22.1. The zero-order chi connectivity index (χ0) is 25.1. The van der Waals surface area contributed by atoms with Crippen molar-refractivity contribution in [3.8, 4) is 0 Å². The number of methoxy groups -OCH3 is 1. The van der Waals surface area contributed by atoms with Gasteiger partial charge in [0.15, 0.2) is 8.32 Å². The fraction of sp³-hybridized carbons (Fsp3) is 0.778. The Bertz CT molecular complexity index is 662. The Labute approximate surface area is 203 Å². The summed E-state index contributed by atoms with van der Waals surface area (Å²) in [4.78, 5) is 23.7. The van der Waals surface area contributed by atoms with Gasteiger partial charge in [0, 0.05) is 24.7 Å². The molecule has 1 rings (SSSR count). The second-order valence-electron chi connectivity index (χ2n) is 10.9. The minimum absolute atomic E-state index is 0.0230. The van der Waals surface area contributed by atoms with E-state index in [9.17, 15) is 14.7 Å². The minimum Gasteiger partial charge on any atom is -0.469 e. The molecule has 4 atom stereocenters. The second kappa shape index (κ2) is 14.2. The number of aliphatic hydroxyl groups is 1. The lowest BCUT2D eigenvalue weighted by molar-refractivity contribution is -0.140. The molecule has 0 amide bonds. The Hall–Kier alpha value is -1.24. The summed E-state index contributed by atoms with van der Waals surface area (Å²) in [5, 5.41) is 10.7. The van der Waals surface area contributed by atoms with Gasteiger partial charge in [-0.3, -0.25) is 9.59 Å². The van der Waals surface area contributed by atoms with Crippen molar-refractivity contribution in [3.05, 3.63) is 24.3 Å². The molecular weight excluding hydrogens is 432 g/mol. The van der Waals surface area contributed by atoms with E-state index in [2.05, 4.69) is 57.7 Å². The predicted molar refractivity (Wildman–Crippen MR) is 138 cm³/mol. The lowest BCUT2D eigenvalue weighted by Gasteiger charge is -2.38. The highest BCUT2D eigenvalue weighted by molar-refractivity contribution is 6.74. The molecule has 0 radical (unpaired) electrons. The molecule has 0 unspecified atom stereocenters. The van der Waals surface area contributed by atoms with Crippen LogP contribution in [0.4, 0.5) is 0 Å². The summed E-state index contributed by atoms with van der Waals surface area (Å²) in [6, 6.07) is 0. The number of aliphatic hydroxyl groups excluding tert-OH is 1. The maximum absolute atomic E-state index is 12.5. The monoisotopic (exact) mass is 480 g/mol. The fourth-order valence-electron chi connectivity index (χ4n) is 3.95. The summed E-state index contributed by atoms with van der Waals surface area (Å²) in [7, 11) is -0.525. The molecule has 33 heavy (non-hydrogen) atoms. The first kappa shape index (κ1) is 29.8. The molecule has 1 aliphatic rings. The predicted octanol–water partition coefficient (Wildman–Crippen LogP) is 6.37. The highest BCUT2D eigenvalue weighted by atomic mass is 28.4. The van der Waals surface area contributed by atoms with Crippen molar-refractivity contribution in [2.45, 2.75) is 116 Å². The first-order valence-electron chi connectivity index (χ1n) is 12.7. The SMILES string of the molecule is CCCCC[C@@H](/C=C/[C@H]1[C@H](O)CC(=O)[C@@H]1C/C=C\CCCC(=O)OC)O[Si](C)(C)C(C)(C)C. The van der Waals surface area contributed by atoms with Gasteiger partial charge in [-0.2, -0.15) is 0 Å². The Morgan fingerprint density at radius 3 is 2.52 bits per heavy atom. The van der Waals surface area contributed by atoms with Crippen LogP contribution in [-0.4, -0.2) is 44.5 Å². The van der Waals surface area contributed by atoms with Gasteiger partial charge in [0.25, 0.3) is 0 Å². The van der Waals surface area contributed by atoms with Crippen LogP contribution in [0.1, 0.15) is 85.5 Å². The average molecular weight is 481 g/mol. The Kier molecular flexibility index (Phi) is 12.8. The van der Waals surface area contributed by atoms with Gasteiger partial charge < -0.3 is 14.3 Å². The highest BCUT2D eigenvalue weighted by Gasteiger charge is 2.40. The molecular formula is C27H48O5Si. The molecule has 1 N–H and O–H groups in total. The van der Waals surface area contributed by atoms with Gasteiger partial charge in [0.05, 0.1) is 19.3 Å². The van der Waals surface area contributed by atoms with Crippen LogP contribution in [0.3, 0.4) is 0 Å². The summed E-state index contributed by atoms with van der Waals surface area (Å²) in [6.07, 6.45) is 14.8. The van der Waals surface area contributed by atoms with E-state index in [1.54, 1.807) is 0 Å². The average Bonchev–Trinajstić information content (AvgIpc) is 2.99. The van der Waals surface area contributed by atoms with Gasteiger partial charge in [0.2, 0.25) is 0 Å². The van der Waals surface area contributed by atoms with Crippen LogP contribution in [0.5, 0.6) is 0 Å². The Morgan fingerprint density at radius 1 is 1.21 bits per heavy atom. The number of carbonyl (C=O) groups excluding carboxylic acids is 2. The van der Waals surface area contributed by atoms with Crippen LogP contribution in [-0.2, 0) is 18.8 Å². The maximum atomic E-state index is 12.5. The first-order chi connectivity index (χ1) is 15.4. The largest absolute Gasteiger partial charge is 0.469 e. The number of hydrogen-bond donors (Lipinski definition) is 1. The fourth-order valence-corrected chi connectivity index (χ4v) is 5.26. The third-order valence-corrected chi connectivity index (χ3v) is 11.7. The highest BCUT2D eigenvalue weighted by Crippen LogP contribution is 2.38. The lowest BCUT2D eigenvalue weighted by Crippen LogP contribution is -2.43. The van der Waals surface area contributed by atoms with Gasteiger partial charge in [0.1, 0.15) is 5.78 Å². The van der Waals surface area contributed by atoms with Crippen molar-refractivity contribution in [2.75, 3.05) is 7.11 Å². The molecule has 1 saturated carbocycles. The molecule has 0 saturated heterocycles. The molecule has 0 aromatic heterocycles. The van der Waals surface area contributed by atoms with Gasteiger partial charge in [-0.15, -0.1) is 0 Å². The molecule has 0 spiro atoms. The van der Waals surface area contributed by atoms with Crippen LogP contribution in [0.15, 0.2) is 24.3 Å². The molecule has 1 fully saturated rings. The van der Waals surface area contributed by atoms with E-state index in [0.29, 0.717) is 12.8 Å². The van der Waals surface area contributed by atoms with E-state index in [4.69, 9.17) is 4.43 Å². The van der Waals surface area contributed by atoms with Crippen molar-refractivity contribution >= 4 is 20.1 Å². The summed E-state index contributed by atoms with van der Waals surface area (Å²) in [5.74, 6) is -0.438. The molecule has 0 bridgehead atoms. The van der Waals surface area contributed by atoms with Crippen LogP contribution in [0.2, 0.25) is 18.1 Å². The van der Waals surface area contributed by atoms with E-state index < -0.39 is 14.4 Å². The minimum atomic E-state index is -1.92. The standard InChI is InChI=1S/C27H48O5Si/c1-8-9-12-15-21(32-33(6,7)27(2,3)4)18-19-23-22(24(28)20-25(23)29)16-13-10-11-14-17-26(30)31-5/h10,13,18-19,21-23,25,29H,8-9,11-12,14-17,20H2,1-7H3/b13-10-,19-18+/t21-,22+,23+,25+/m0/s1. The smallest absolute Gasteiger partial charge is 0.305 e. The summed E-state index contributed by atoms with van der Waals surface area (Å²) >= 11 is 0. The van der Waals surface area contributed by atoms with Crippen LogP contribution < -0.4 is 0 Å². The Morgan fingerprint density at radius 2 is 1.91 bits per heavy atom.